The first kappa shape index (κ1) is 17.7. The van der Waals surface area contributed by atoms with Crippen molar-refractivity contribution in [3.63, 3.8) is 0 Å². The van der Waals surface area contributed by atoms with E-state index in [2.05, 4.69) is 10.0 Å². The van der Waals surface area contributed by atoms with Crippen LogP contribution in [0.5, 0.6) is 5.75 Å². The number of phenolic OH excluding ortho intramolecular Hbond substituents is 1. The largest absolute Gasteiger partial charge is 0.506 e. The summed E-state index contributed by atoms with van der Waals surface area (Å²) in [6, 6.07) is 1.54. The number of nitrogens with zero attached hydrogens (tertiary/aromatic N) is 1. The van der Waals surface area contributed by atoms with E-state index >= 15 is 0 Å². The molecular formula is C15H22FN3O3S. The highest BCUT2D eigenvalue weighted by molar-refractivity contribution is 7.85. The fourth-order valence-electron chi connectivity index (χ4n) is 2.78. The molecule has 1 aliphatic heterocycles. The van der Waals surface area contributed by atoms with Crippen LogP contribution in [-0.2, 0) is 28.8 Å². The summed E-state index contributed by atoms with van der Waals surface area (Å²) in [5.74, 6) is -1.25. The zero-order chi connectivity index (χ0) is 17.0. The lowest BCUT2D eigenvalue weighted by Gasteiger charge is -2.19. The molecule has 1 fully saturated rings. The molecule has 0 aromatic heterocycles. The molecule has 1 unspecified atom stereocenters. The molecule has 0 spiro atoms. The van der Waals surface area contributed by atoms with E-state index in [9.17, 15) is 18.5 Å². The quantitative estimate of drug-likeness (QED) is 0.668. The number of amides is 1. The molecule has 3 N–H and O–H groups in total. The summed E-state index contributed by atoms with van der Waals surface area (Å²) < 4.78 is 29.7. The predicted molar refractivity (Wildman–Crippen MR) is 87.9 cm³/mol. The predicted octanol–water partition coefficient (Wildman–Crippen LogP) is 1.15. The summed E-state index contributed by atoms with van der Waals surface area (Å²) in [6.07, 6.45) is 4.24. The van der Waals surface area contributed by atoms with Gasteiger partial charge in [0.2, 0.25) is 11.2 Å². The van der Waals surface area contributed by atoms with E-state index in [4.69, 9.17) is 0 Å². The van der Waals surface area contributed by atoms with Crippen molar-refractivity contribution < 1.29 is 18.5 Å². The molecule has 1 amide bonds. The Bertz CT molecular complexity index is 624. The Morgan fingerprint density at radius 1 is 1.30 bits per heavy atom. The maximum absolute atomic E-state index is 14.7. The molecule has 1 heterocycles. The first-order valence-electron chi connectivity index (χ1n) is 7.60. The molecule has 0 radical (unpaired) electrons. The lowest BCUT2D eigenvalue weighted by Crippen LogP contribution is -2.24. The van der Waals surface area contributed by atoms with Gasteiger partial charge in [0.25, 0.3) is 5.91 Å². The number of benzene rings is 1. The topological polar surface area (TPSA) is 81.7 Å². The highest BCUT2D eigenvalue weighted by atomic mass is 32.2. The van der Waals surface area contributed by atoms with E-state index in [1.54, 1.807) is 6.07 Å². The maximum Gasteiger partial charge on any atom is 0.253 e. The third-order valence-electron chi connectivity index (χ3n) is 3.72. The van der Waals surface area contributed by atoms with E-state index in [0.29, 0.717) is 12.0 Å². The smallest absolute Gasteiger partial charge is 0.253 e. The van der Waals surface area contributed by atoms with Crippen LogP contribution >= 0.6 is 0 Å². The third kappa shape index (κ3) is 3.81. The molecule has 1 saturated heterocycles. The van der Waals surface area contributed by atoms with Gasteiger partial charge in [0.05, 0.1) is 0 Å². The Labute approximate surface area is 137 Å². The average molecular weight is 343 g/mol. The van der Waals surface area contributed by atoms with Crippen LogP contribution in [0.1, 0.15) is 30.4 Å². The Hall–Kier alpha value is -1.67. The fourth-order valence-corrected chi connectivity index (χ4v) is 3.72. The minimum Gasteiger partial charge on any atom is -0.506 e. The number of aromatic hydroxyl groups is 1. The molecule has 8 heteroatoms. The van der Waals surface area contributed by atoms with Gasteiger partial charge in [-0.2, -0.15) is 0 Å². The summed E-state index contributed by atoms with van der Waals surface area (Å²) in [7, 11) is 3.75. The summed E-state index contributed by atoms with van der Waals surface area (Å²) in [6.45, 7) is -0.212. The minimum atomic E-state index is -1.83. The number of hydrogen-bond acceptors (Lipinski definition) is 4. The highest BCUT2D eigenvalue weighted by Gasteiger charge is 2.33. The first-order valence-corrected chi connectivity index (χ1v) is 8.70. The van der Waals surface area contributed by atoms with Gasteiger partial charge in [-0.3, -0.25) is 13.8 Å². The number of carbonyl (C=O) groups is 1. The number of aryl methyl sites for hydroxylation is 1. The molecule has 23 heavy (non-hydrogen) atoms. The van der Waals surface area contributed by atoms with Crippen molar-refractivity contribution in [3.8, 4) is 5.75 Å². The minimum absolute atomic E-state index is 0.137. The van der Waals surface area contributed by atoms with Crippen LogP contribution in [0.25, 0.3) is 0 Å². The summed E-state index contributed by atoms with van der Waals surface area (Å²) >= 11 is -1.83. The van der Waals surface area contributed by atoms with E-state index in [-0.39, 0.29) is 18.0 Å². The number of hydrogen-bond donors (Lipinski definition) is 3. The number of fused-ring (bicyclic) bond motifs is 1. The van der Waals surface area contributed by atoms with E-state index in [0.717, 1.165) is 35.6 Å². The van der Waals surface area contributed by atoms with Crippen LogP contribution in [0.3, 0.4) is 0 Å². The van der Waals surface area contributed by atoms with Gasteiger partial charge in [-0.25, -0.2) is 8.60 Å². The molecule has 1 aromatic rings. The van der Waals surface area contributed by atoms with Gasteiger partial charge in [0, 0.05) is 0 Å². The van der Waals surface area contributed by atoms with Gasteiger partial charge in [-0.05, 0) is 57.0 Å². The van der Waals surface area contributed by atoms with Crippen molar-refractivity contribution in [2.24, 2.45) is 0 Å². The van der Waals surface area contributed by atoms with Gasteiger partial charge >= 0.3 is 0 Å². The zero-order valence-electron chi connectivity index (χ0n) is 13.3. The van der Waals surface area contributed by atoms with Gasteiger partial charge in [0.1, 0.15) is 18.0 Å². The van der Waals surface area contributed by atoms with Crippen LogP contribution in [-0.4, -0.2) is 35.9 Å². The number of halogens is 1. The molecule has 3 rings (SSSR count). The lowest BCUT2D eigenvalue weighted by molar-refractivity contribution is -0.117. The second-order valence-electron chi connectivity index (χ2n) is 5.57. The van der Waals surface area contributed by atoms with Crippen molar-refractivity contribution in [1.82, 2.24) is 10.0 Å². The van der Waals surface area contributed by atoms with Crippen molar-refractivity contribution in [3.05, 3.63) is 23.0 Å². The van der Waals surface area contributed by atoms with Crippen molar-refractivity contribution in [1.29, 1.82) is 0 Å². The molecule has 0 bridgehead atoms. The maximum atomic E-state index is 14.7. The summed E-state index contributed by atoms with van der Waals surface area (Å²) in [5, 5.41) is 12.8. The molecule has 128 valence electrons. The third-order valence-corrected chi connectivity index (χ3v) is 4.84. The van der Waals surface area contributed by atoms with E-state index in [1.807, 2.05) is 14.1 Å². The normalized spacial score (nSPS) is 20.2. The van der Waals surface area contributed by atoms with Crippen LogP contribution in [0.2, 0.25) is 0 Å². The fraction of sp³-hybridized carbons (Fsp3) is 0.533. The Kier molecular flexibility index (Phi) is 5.95. The Morgan fingerprint density at radius 3 is 2.57 bits per heavy atom. The number of rotatable bonds is 1. The molecule has 1 atom stereocenters. The monoisotopic (exact) mass is 343 g/mol. The summed E-state index contributed by atoms with van der Waals surface area (Å²) in [5.41, 5.74) is 1.25. The van der Waals surface area contributed by atoms with Gasteiger partial charge in [-0.15, -0.1) is 0 Å². The highest BCUT2D eigenvalue weighted by Crippen LogP contribution is 2.38. The second kappa shape index (κ2) is 7.74. The molecule has 1 aromatic carbocycles. The lowest BCUT2D eigenvalue weighted by atomic mass is 10.0. The first-order chi connectivity index (χ1) is 11.0. The van der Waals surface area contributed by atoms with Crippen LogP contribution in [0.4, 0.5) is 10.1 Å². The van der Waals surface area contributed by atoms with Crippen LogP contribution in [0, 0.1) is 5.82 Å². The Balaban J connectivity index is 0.000000595. The van der Waals surface area contributed by atoms with E-state index < -0.39 is 22.9 Å². The van der Waals surface area contributed by atoms with Gasteiger partial charge < -0.3 is 10.4 Å². The molecule has 0 saturated carbocycles. The number of phenols is 1. The van der Waals surface area contributed by atoms with Crippen LogP contribution < -0.4 is 14.3 Å². The molecular weight excluding hydrogens is 321 g/mol. The Morgan fingerprint density at radius 2 is 1.96 bits per heavy atom. The van der Waals surface area contributed by atoms with Gasteiger partial charge in [0.15, 0.2) is 5.82 Å². The zero-order valence-corrected chi connectivity index (χ0v) is 14.1. The SMILES string of the molecule is CNC.O=C1CN(c2c(O)cc3c(c2F)CCCCC3)S(=O)N1. The van der Waals surface area contributed by atoms with E-state index in [1.165, 1.54) is 0 Å². The number of anilines is 1. The van der Waals surface area contributed by atoms with Crippen molar-refractivity contribution >= 4 is 22.8 Å². The van der Waals surface area contributed by atoms with Crippen molar-refractivity contribution in [2.45, 2.75) is 32.1 Å². The average Bonchev–Trinajstić information content (AvgIpc) is 2.69. The van der Waals surface area contributed by atoms with Crippen molar-refractivity contribution in [2.75, 3.05) is 24.9 Å². The molecule has 6 nitrogen and oxygen atoms in total. The summed E-state index contributed by atoms with van der Waals surface area (Å²) in [4.78, 5) is 11.3. The number of nitrogens with one attached hydrogen (secondary N) is 2. The molecule has 1 aliphatic carbocycles. The van der Waals surface area contributed by atoms with Crippen LogP contribution in [0.15, 0.2) is 6.07 Å². The number of carbonyl (C=O) groups excluding carboxylic acids is 1. The molecule has 2 aliphatic rings. The standard InChI is InChI=1S/C13H15FN2O3S.C2H7N/c14-12-9-5-3-1-2-4-8(9)6-10(17)13(12)16-7-11(18)15-20(16)19;1-3-2/h6,17H,1-5,7H2,(H,15,18);3H,1-2H3. The van der Waals surface area contributed by atoms with Gasteiger partial charge in [-0.1, -0.05) is 6.42 Å². The second-order valence-corrected chi connectivity index (χ2v) is 6.71.